The zero-order valence-corrected chi connectivity index (χ0v) is 13.5. The van der Waals surface area contributed by atoms with Crippen LogP contribution in [0, 0.1) is 17.1 Å². The molecular weight excluding hydrogens is 333 g/mol. The van der Waals surface area contributed by atoms with Crippen LogP contribution in [0.4, 0.5) is 15.8 Å². The summed E-state index contributed by atoms with van der Waals surface area (Å²) in [7, 11) is -3.82. The summed E-state index contributed by atoms with van der Waals surface area (Å²) in [6, 6.07) is 13.4. The van der Waals surface area contributed by atoms with E-state index in [0.29, 0.717) is 0 Å². The Bertz CT molecular complexity index is 907. The standard InChI is InChI=1S/C16H14FN3O3S/c1-24(22,23)20(15-9-5-2-6-12(15)10-18)11-16(21)19-14-8-4-3-7-13(14)17/h2-9H,11H2,1H3,(H,19,21). The number of nitrogens with one attached hydrogen (secondary N) is 1. The monoisotopic (exact) mass is 347 g/mol. The Morgan fingerprint density at radius 3 is 2.46 bits per heavy atom. The second-order valence-corrected chi connectivity index (χ2v) is 6.83. The minimum atomic E-state index is -3.82. The number of hydrogen-bond acceptors (Lipinski definition) is 4. The number of carbonyl (C=O) groups is 1. The third-order valence-corrected chi connectivity index (χ3v) is 4.26. The van der Waals surface area contributed by atoms with E-state index in [1.165, 1.54) is 36.4 Å². The number of nitrogens with zero attached hydrogens (tertiary/aromatic N) is 2. The number of benzene rings is 2. The molecule has 0 spiro atoms. The fraction of sp³-hybridized carbons (Fsp3) is 0.125. The van der Waals surface area contributed by atoms with E-state index < -0.39 is 28.3 Å². The molecule has 124 valence electrons. The number of halogens is 1. The molecule has 0 aliphatic carbocycles. The van der Waals surface area contributed by atoms with Gasteiger partial charge in [-0.05, 0) is 24.3 Å². The molecule has 0 bridgehead atoms. The van der Waals surface area contributed by atoms with Gasteiger partial charge in [0.2, 0.25) is 15.9 Å². The van der Waals surface area contributed by atoms with Crippen LogP contribution in [-0.2, 0) is 14.8 Å². The van der Waals surface area contributed by atoms with E-state index in [2.05, 4.69) is 5.32 Å². The highest BCUT2D eigenvalue weighted by atomic mass is 32.2. The van der Waals surface area contributed by atoms with Crippen LogP contribution >= 0.6 is 0 Å². The smallest absolute Gasteiger partial charge is 0.245 e. The van der Waals surface area contributed by atoms with E-state index in [9.17, 15) is 17.6 Å². The van der Waals surface area contributed by atoms with Crippen LogP contribution in [0.5, 0.6) is 0 Å². The number of rotatable bonds is 5. The SMILES string of the molecule is CS(=O)(=O)N(CC(=O)Nc1ccccc1F)c1ccccc1C#N. The van der Waals surface area contributed by atoms with Crippen molar-refractivity contribution >= 4 is 27.3 Å². The Morgan fingerprint density at radius 2 is 1.83 bits per heavy atom. The first-order valence-electron chi connectivity index (χ1n) is 6.84. The van der Waals surface area contributed by atoms with Gasteiger partial charge in [-0.1, -0.05) is 24.3 Å². The van der Waals surface area contributed by atoms with E-state index in [-0.39, 0.29) is 16.9 Å². The maximum Gasteiger partial charge on any atom is 0.245 e. The van der Waals surface area contributed by atoms with Crippen LogP contribution in [0.1, 0.15) is 5.56 Å². The molecule has 1 N–H and O–H groups in total. The number of hydrogen-bond donors (Lipinski definition) is 1. The Balaban J connectivity index is 2.30. The van der Waals surface area contributed by atoms with Crippen molar-refractivity contribution in [1.82, 2.24) is 0 Å². The van der Waals surface area contributed by atoms with Crippen molar-refractivity contribution in [3.05, 3.63) is 59.9 Å². The van der Waals surface area contributed by atoms with Gasteiger partial charge >= 0.3 is 0 Å². The highest BCUT2D eigenvalue weighted by Gasteiger charge is 2.23. The van der Waals surface area contributed by atoms with Gasteiger partial charge in [-0.2, -0.15) is 5.26 Å². The van der Waals surface area contributed by atoms with Crippen molar-refractivity contribution in [2.75, 3.05) is 22.4 Å². The minimum Gasteiger partial charge on any atom is -0.322 e. The number of para-hydroxylation sites is 2. The predicted molar refractivity (Wildman–Crippen MR) is 88.4 cm³/mol. The van der Waals surface area contributed by atoms with Gasteiger partial charge in [0.1, 0.15) is 18.4 Å². The summed E-state index contributed by atoms with van der Waals surface area (Å²) in [5, 5.41) is 11.4. The summed E-state index contributed by atoms with van der Waals surface area (Å²) in [5.74, 6) is -1.35. The third kappa shape index (κ3) is 4.08. The quantitative estimate of drug-likeness (QED) is 0.897. The highest BCUT2D eigenvalue weighted by Crippen LogP contribution is 2.22. The van der Waals surface area contributed by atoms with Crippen molar-refractivity contribution < 1.29 is 17.6 Å². The summed E-state index contributed by atoms with van der Waals surface area (Å²) >= 11 is 0. The molecule has 0 saturated heterocycles. The maximum absolute atomic E-state index is 13.6. The molecule has 0 saturated carbocycles. The molecule has 6 nitrogen and oxygen atoms in total. The summed E-state index contributed by atoms with van der Waals surface area (Å²) < 4.78 is 38.4. The molecule has 0 aliphatic heterocycles. The molecule has 8 heteroatoms. The molecule has 2 rings (SSSR count). The summed E-state index contributed by atoms with van der Waals surface area (Å²) in [6.45, 7) is -0.578. The highest BCUT2D eigenvalue weighted by molar-refractivity contribution is 7.92. The van der Waals surface area contributed by atoms with Crippen molar-refractivity contribution in [3.8, 4) is 6.07 Å². The van der Waals surface area contributed by atoms with Crippen LogP contribution in [0.2, 0.25) is 0 Å². The van der Waals surface area contributed by atoms with Crippen LogP contribution < -0.4 is 9.62 Å². The lowest BCUT2D eigenvalue weighted by Gasteiger charge is -2.22. The van der Waals surface area contributed by atoms with E-state index in [1.54, 1.807) is 12.1 Å². The van der Waals surface area contributed by atoms with Crippen LogP contribution in [0.3, 0.4) is 0 Å². The number of carbonyl (C=O) groups excluding carboxylic acids is 1. The average Bonchev–Trinajstić information content (AvgIpc) is 2.54. The van der Waals surface area contributed by atoms with Crippen molar-refractivity contribution in [1.29, 1.82) is 5.26 Å². The van der Waals surface area contributed by atoms with Gasteiger partial charge in [-0.15, -0.1) is 0 Å². The van der Waals surface area contributed by atoms with Gasteiger partial charge < -0.3 is 5.32 Å². The maximum atomic E-state index is 13.6. The zero-order valence-electron chi connectivity index (χ0n) is 12.7. The Kier molecular flexibility index (Phi) is 5.16. The molecule has 0 aromatic heterocycles. The summed E-state index contributed by atoms with van der Waals surface area (Å²) in [5.41, 5.74) is 0.150. The first-order valence-corrected chi connectivity index (χ1v) is 8.69. The molecule has 2 aromatic carbocycles. The average molecular weight is 347 g/mol. The molecule has 0 fully saturated rings. The normalized spacial score (nSPS) is 10.7. The molecular formula is C16H14FN3O3S. The van der Waals surface area contributed by atoms with Gasteiger partial charge in [0.15, 0.2) is 0 Å². The number of nitriles is 1. The molecule has 0 radical (unpaired) electrons. The molecule has 24 heavy (non-hydrogen) atoms. The first kappa shape index (κ1) is 17.4. The van der Waals surface area contributed by atoms with Crippen molar-refractivity contribution in [2.45, 2.75) is 0 Å². The molecule has 0 atom stereocenters. The number of anilines is 2. The summed E-state index contributed by atoms with van der Waals surface area (Å²) in [6.07, 6.45) is 0.928. The lowest BCUT2D eigenvalue weighted by molar-refractivity contribution is -0.114. The molecule has 0 unspecified atom stereocenters. The lowest BCUT2D eigenvalue weighted by Crippen LogP contribution is -2.38. The topological polar surface area (TPSA) is 90.3 Å². The predicted octanol–water partition coefficient (Wildman–Crippen LogP) is 2.10. The third-order valence-electron chi connectivity index (χ3n) is 3.13. The Labute approximate surface area is 139 Å². The number of amides is 1. The van der Waals surface area contributed by atoms with E-state index in [4.69, 9.17) is 5.26 Å². The van der Waals surface area contributed by atoms with Gasteiger partial charge in [0.25, 0.3) is 0 Å². The van der Waals surface area contributed by atoms with Crippen LogP contribution in [-0.4, -0.2) is 27.1 Å². The second-order valence-electron chi connectivity index (χ2n) is 4.93. The second kappa shape index (κ2) is 7.10. The van der Waals surface area contributed by atoms with E-state index in [1.807, 2.05) is 6.07 Å². The van der Waals surface area contributed by atoms with Crippen LogP contribution in [0.25, 0.3) is 0 Å². The molecule has 0 aliphatic rings. The Hall–Kier alpha value is -2.92. The van der Waals surface area contributed by atoms with Gasteiger partial charge in [0, 0.05) is 0 Å². The molecule has 0 heterocycles. The lowest BCUT2D eigenvalue weighted by atomic mass is 10.2. The Morgan fingerprint density at radius 1 is 1.21 bits per heavy atom. The van der Waals surface area contributed by atoms with Gasteiger partial charge in [-0.25, -0.2) is 12.8 Å². The van der Waals surface area contributed by atoms with Gasteiger partial charge in [0.05, 0.1) is 23.2 Å². The molecule has 2 aromatic rings. The molecule has 1 amide bonds. The van der Waals surface area contributed by atoms with Crippen molar-refractivity contribution in [3.63, 3.8) is 0 Å². The fourth-order valence-corrected chi connectivity index (χ4v) is 2.92. The zero-order chi connectivity index (χ0) is 17.7. The fourth-order valence-electron chi connectivity index (χ4n) is 2.05. The largest absolute Gasteiger partial charge is 0.322 e. The van der Waals surface area contributed by atoms with E-state index >= 15 is 0 Å². The first-order chi connectivity index (χ1) is 11.3. The van der Waals surface area contributed by atoms with Gasteiger partial charge in [-0.3, -0.25) is 9.10 Å². The van der Waals surface area contributed by atoms with E-state index in [0.717, 1.165) is 10.6 Å². The van der Waals surface area contributed by atoms with Crippen molar-refractivity contribution in [2.24, 2.45) is 0 Å². The van der Waals surface area contributed by atoms with Crippen LogP contribution in [0.15, 0.2) is 48.5 Å². The minimum absolute atomic E-state index is 0.0514. The number of sulfonamides is 1. The summed E-state index contributed by atoms with van der Waals surface area (Å²) in [4.78, 5) is 12.1.